The van der Waals surface area contributed by atoms with Crippen molar-refractivity contribution in [1.82, 2.24) is 5.32 Å². The van der Waals surface area contributed by atoms with Crippen molar-refractivity contribution in [1.29, 1.82) is 0 Å². The fourth-order valence-electron chi connectivity index (χ4n) is 2.58. The van der Waals surface area contributed by atoms with Crippen LogP contribution in [-0.2, 0) is 6.42 Å². The second kappa shape index (κ2) is 5.13. The first-order valence-corrected chi connectivity index (χ1v) is 6.24. The summed E-state index contributed by atoms with van der Waals surface area (Å²) < 4.78 is 27.0. The average molecular weight is 239 g/mol. The third-order valence-electron chi connectivity index (χ3n) is 3.83. The third-order valence-corrected chi connectivity index (χ3v) is 3.83. The van der Waals surface area contributed by atoms with Gasteiger partial charge in [-0.3, -0.25) is 0 Å². The molecule has 17 heavy (non-hydrogen) atoms. The van der Waals surface area contributed by atoms with Crippen LogP contribution in [0.25, 0.3) is 0 Å². The molecule has 1 fully saturated rings. The summed E-state index contributed by atoms with van der Waals surface area (Å²) in [6.07, 6.45) is 2.99. The molecule has 0 aromatic heterocycles. The molecule has 1 saturated heterocycles. The predicted octanol–water partition coefficient (Wildman–Crippen LogP) is 3.12. The summed E-state index contributed by atoms with van der Waals surface area (Å²) in [4.78, 5) is 0. The van der Waals surface area contributed by atoms with E-state index in [4.69, 9.17) is 0 Å². The molecule has 0 amide bonds. The topological polar surface area (TPSA) is 12.0 Å². The summed E-state index contributed by atoms with van der Waals surface area (Å²) in [5.74, 6) is -0.288. The molecule has 0 bridgehead atoms. The zero-order valence-electron chi connectivity index (χ0n) is 10.4. The molecule has 1 aliphatic rings. The quantitative estimate of drug-likeness (QED) is 0.836. The Morgan fingerprint density at radius 1 is 1.12 bits per heavy atom. The van der Waals surface area contributed by atoms with Crippen LogP contribution in [0.5, 0.6) is 0 Å². The highest BCUT2D eigenvalue weighted by molar-refractivity contribution is 5.36. The van der Waals surface area contributed by atoms with Crippen molar-refractivity contribution in [2.45, 2.75) is 33.1 Å². The van der Waals surface area contributed by atoms with E-state index >= 15 is 0 Å². The lowest BCUT2D eigenvalue weighted by molar-refractivity contribution is 0.370. The van der Waals surface area contributed by atoms with Gasteiger partial charge in [0.25, 0.3) is 0 Å². The highest BCUT2D eigenvalue weighted by Gasteiger charge is 2.18. The first kappa shape index (κ1) is 12.5. The second-order valence-electron chi connectivity index (χ2n) is 4.97. The minimum atomic E-state index is -0.419. The monoisotopic (exact) mass is 239 g/mol. The van der Waals surface area contributed by atoms with E-state index in [1.54, 1.807) is 13.8 Å². The van der Waals surface area contributed by atoms with Crippen molar-refractivity contribution in [3.8, 4) is 0 Å². The largest absolute Gasteiger partial charge is 0.317 e. The van der Waals surface area contributed by atoms with Crippen molar-refractivity contribution in [3.63, 3.8) is 0 Å². The van der Waals surface area contributed by atoms with Gasteiger partial charge in [0.05, 0.1) is 0 Å². The Kier molecular flexibility index (Phi) is 3.77. The number of piperidine rings is 1. The zero-order chi connectivity index (χ0) is 12.4. The lowest BCUT2D eigenvalue weighted by Crippen LogP contribution is -2.29. The molecule has 1 nitrogen and oxygen atoms in total. The van der Waals surface area contributed by atoms with E-state index in [1.165, 1.54) is 0 Å². The van der Waals surface area contributed by atoms with Crippen LogP contribution in [0.3, 0.4) is 0 Å². The van der Waals surface area contributed by atoms with E-state index < -0.39 is 11.6 Å². The van der Waals surface area contributed by atoms with Gasteiger partial charge in [-0.25, -0.2) is 8.78 Å². The van der Waals surface area contributed by atoms with Crippen LogP contribution in [0.2, 0.25) is 0 Å². The van der Waals surface area contributed by atoms with Crippen LogP contribution in [-0.4, -0.2) is 13.1 Å². The molecule has 2 rings (SSSR count). The predicted molar refractivity (Wildman–Crippen MR) is 65.1 cm³/mol. The summed E-state index contributed by atoms with van der Waals surface area (Å²) in [7, 11) is 0. The molecule has 0 saturated carbocycles. The lowest BCUT2D eigenvalue weighted by atomic mass is 9.87. The Morgan fingerprint density at radius 3 is 2.18 bits per heavy atom. The van der Waals surface area contributed by atoms with Crippen LogP contribution >= 0.6 is 0 Å². The molecule has 1 heterocycles. The van der Waals surface area contributed by atoms with Gasteiger partial charge in [-0.2, -0.15) is 0 Å². The smallest absolute Gasteiger partial charge is 0.129 e. The molecule has 0 atom stereocenters. The fourth-order valence-corrected chi connectivity index (χ4v) is 2.58. The van der Waals surface area contributed by atoms with E-state index in [2.05, 4.69) is 5.32 Å². The molecule has 1 aliphatic heterocycles. The van der Waals surface area contributed by atoms with Gasteiger partial charge in [0, 0.05) is 6.07 Å². The third kappa shape index (κ3) is 2.65. The maximum atomic E-state index is 13.5. The molecule has 0 aliphatic carbocycles. The summed E-state index contributed by atoms with van der Waals surface area (Å²) in [6.45, 7) is 5.53. The Morgan fingerprint density at radius 2 is 1.65 bits per heavy atom. The van der Waals surface area contributed by atoms with Crippen LogP contribution in [0.4, 0.5) is 8.78 Å². The molecular formula is C14H19F2N. The van der Waals surface area contributed by atoms with E-state index in [9.17, 15) is 8.78 Å². The van der Waals surface area contributed by atoms with E-state index in [0.717, 1.165) is 44.0 Å². The SMILES string of the molecule is Cc1c(F)cc(F)c(C)c1CC1CCNCC1. The van der Waals surface area contributed by atoms with Crippen molar-refractivity contribution in [2.24, 2.45) is 5.92 Å². The molecule has 3 heteroatoms. The Labute approximate surface area is 101 Å². The highest BCUT2D eigenvalue weighted by Crippen LogP contribution is 2.26. The summed E-state index contributed by atoms with van der Waals surface area (Å²) >= 11 is 0. The second-order valence-corrected chi connectivity index (χ2v) is 4.97. The summed E-state index contributed by atoms with van der Waals surface area (Å²) in [5.41, 5.74) is 2.10. The zero-order valence-corrected chi connectivity index (χ0v) is 10.4. The standard InChI is InChI=1S/C14H19F2N/c1-9-12(7-11-3-5-17-6-4-11)10(2)14(16)8-13(9)15/h8,11,17H,3-7H2,1-2H3. The van der Waals surface area contributed by atoms with Crippen LogP contribution in [0, 0.1) is 31.4 Å². The number of hydrogen-bond donors (Lipinski definition) is 1. The minimum Gasteiger partial charge on any atom is -0.317 e. The molecule has 94 valence electrons. The Balaban J connectivity index is 2.24. The van der Waals surface area contributed by atoms with Gasteiger partial charge in [-0.1, -0.05) is 0 Å². The molecular weight excluding hydrogens is 220 g/mol. The van der Waals surface area contributed by atoms with Crippen molar-refractivity contribution < 1.29 is 8.78 Å². The Hall–Kier alpha value is -0.960. The van der Waals surface area contributed by atoms with Crippen LogP contribution in [0.1, 0.15) is 29.5 Å². The van der Waals surface area contributed by atoms with Gasteiger partial charge in [0.1, 0.15) is 11.6 Å². The van der Waals surface area contributed by atoms with Crippen LogP contribution in [0.15, 0.2) is 6.07 Å². The Bertz CT molecular complexity index is 383. The van der Waals surface area contributed by atoms with Gasteiger partial charge >= 0.3 is 0 Å². The van der Waals surface area contributed by atoms with E-state index in [1.807, 2.05) is 0 Å². The number of hydrogen-bond acceptors (Lipinski definition) is 1. The summed E-state index contributed by atoms with van der Waals surface area (Å²) in [5, 5.41) is 3.30. The first-order valence-electron chi connectivity index (χ1n) is 6.24. The van der Waals surface area contributed by atoms with Gasteiger partial charge in [0.2, 0.25) is 0 Å². The number of rotatable bonds is 2. The maximum absolute atomic E-state index is 13.5. The first-order chi connectivity index (χ1) is 8.09. The van der Waals surface area contributed by atoms with Crippen LogP contribution < -0.4 is 5.32 Å². The van der Waals surface area contributed by atoms with E-state index in [-0.39, 0.29) is 0 Å². The van der Waals surface area contributed by atoms with E-state index in [0.29, 0.717) is 17.0 Å². The van der Waals surface area contributed by atoms with Gasteiger partial charge in [-0.15, -0.1) is 0 Å². The highest BCUT2D eigenvalue weighted by atomic mass is 19.1. The minimum absolute atomic E-state index is 0.419. The fraction of sp³-hybridized carbons (Fsp3) is 0.571. The molecule has 0 unspecified atom stereocenters. The number of benzene rings is 1. The maximum Gasteiger partial charge on any atom is 0.129 e. The number of halogens is 2. The van der Waals surface area contributed by atoms with Gasteiger partial charge in [0.15, 0.2) is 0 Å². The van der Waals surface area contributed by atoms with Crippen molar-refractivity contribution in [2.75, 3.05) is 13.1 Å². The normalized spacial score (nSPS) is 17.4. The molecule has 0 radical (unpaired) electrons. The molecule has 1 aromatic carbocycles. The molecule has 1 N–H and O–H groups in total. The number of nitrogens with one attached hydrogen (secondary N) is 1. The lowest BCUT2D eigenvalue weighted by Gasteiger charge is -2.24. The van der Waals surface area contributed by atoms with Gasteiger partial charge < -0.3 is 5.32 Å². The summed E-state index contributed by atoms with van der Waals surface area (Å²) in [6, 6.07) is 0.997. The molecule has 1 aromatic rings. The van der Waals surface area contributed by atoms with Crippen molar-refractivity contribution in [3.05, 3.63) is 34.4 Å². The average Bonchev–Trinajstić information content (AvgIpc) is 2.33. The molecule has 0 spiro atoms. The van der Waals surface area contributed by atoms with Gasteiger partial charge in [-0.05, 0) is 68.8 Å². The van der Waals surface area contributed by atoms with Crippen molar-refractivity contribution >= 4 is 0 Å².